The molecule has 6 N–H and O–H groups in total. The van der Waals surface area contributed by atoms with Gasteiger partial charge in [0.2, 0.25) is 0 Å². The lowest BCUT2D eigenvalue weighted by molar-refractivity contribution is -0.157. The summed E-state index contributed by atoms with van der Waals surface area (Å²) in [6, 6.07) is 4.80. The summed E-state index contributed by atoms with van der Waals surface area (Å²) >= 11 is 0. The van der Waals surface area contributed by atoms with Gasteiger partial charge in [0.15, 0.2) is 0 Å². The minimum atomic E-state index is -2.22. The zero-order valence-corrected chi connectivity index (χ0v) is 15.6. The molecule has 12 nitrogen and oxygen atoms in total. The topological polar surface area (TPSA) is 210 Å². The molecular formula is C18H21NO11. The molecule has 1 aromatic carbocycles. The Morgan fingerprint density at radius 1 is 0.733 bits per heavy atom. The molecule has 0 aliphatic rings. The van der Waals surface area contributed by atoms with Crippen molar-refractivity contribution in [1.29, 1.82) is 0 Å². The summed E-state index contributed by atoms with van der Waals surface area (Å²) in [7, 11) is 0. The van der Waals surface area contributed by atoms with Gasteiger partial charge in [0.25, 0.3) is 0 Å². The molecule has 0 bridgehead atoms. The van der Waals surface area contributed by atoms with Crippen LogP contribution < -0.4 is 0 Å². The van der Waals surface area contributed by atoms with Crippen LogP contribution in [0.15, 0.2) is 24.3 Å². The predicted molar refractivity (Wildman–Crippen MR) is 97.2 cm³/mol. The molecular weight excluding hydrogens is 406 g/mol. The van der Waals surface area contributed by atoms with Crippen LogP contribution in [-0.4, -0.2) is 84.0 Å². The van der Waals surface area contributed by atoms with Crippen LogP contribution >= 0.6 is 0 Å². The summed E-state index contributed by atoms with van der Waals surface area (Å²) in [5.41, 5.74) is -2.12. The Bertz CT molecular complexity index is 786. The zero-order chi connectivity index (χ0) is 23.1. The van der Waals surface area contributed by atoms with Gasteiger partial charge in [-0.1, -0.05) is 12.1 Å². The number of aromatic hydroxyl groups is 1. The van der Waals surface area contributed by atoms with E-state index in [1.165, 1.54) is 12.1 Å². The molecule has 0 radical (unpaired) electrons. The largest absolute Gasteiger partial charge is 0.508 e. The first kappa shape index (κ1) is 24.4. The van der Waals surface area contributed by atoms with Gasteiger partial charge < -0.3 is 30.6 Å². The third kappa shape index (κ3) is 6.74. The molecule has 0 saturated carbocycles. The number of nitrogens with zero attached hydrogens (tertiary/aromatic N) is 1. The molecule has 0 amide bonds. The molecule has 0 heterocycles. The van der Waals surface area contributed by atoms with Gasteiger partial charge >= 0.3 is 29.8 Å². The normalized spacial score (nSPS) is 12.3. The Morgan fingerprint density at radius 3 is 1.50 bits per heavy atom. The summed E-state index contributed by atoms with van der Waals surface area (Å²) in [6.45, 7) is -2.08. The van der Waals surface area contributed by atoms with Gasteiger partial charge in [-0.15, -0.1) is 0 Å². The molecule has 0 saturated heterocycles. The summed E-state index contributed by atoms with van der Waals surface area (Å²) in [5, 5.41) is 56.2. The van der Waals surface area contributed by atoms with E-state index in [0.29, 0.717) is 4.90 Å². The van der Waals surface area contributed by atoms with Crippen molar-refractivity contribution in [3.05, 3.63) is 29.8 Å². The van der Waals surface area contributed by atoms with Crippen molar-refractivity contribution in [1.82, 2.24) is 4.90 Å². The minimum Gasteiger partial charge on any atom is -0.508 e. The van der Waals surface area contributed by atoms with Gasteiger partial charge in [0, 0.05) is 5.92 Å². The van der Waals surface area contributed by atoms with Crippen LogP contribution in [0.25, 0.3) is 0 Å². The summed E-state index contributed by atoms with van der Waals surface area (Å²) in [5.74, 6) is -9.35. The number of benzene rings is 1. The van der Waals surface area contributed by atoms with Crippen molar-refractivity contribution in [2.45, 2.75) is 30.7 Å². The highest BCUT2D eigenvalue weighted by Crippen LogP contribution is 2.42. The van der Waals surface area contributed by atoms with Crippen molar-refractivity contribution in [3.8, 4) is 5.75 Å². The molecule has 12 heteroatoms. The maximum absolute atomic E-state index is 11.6. The van der Waals surface area contributed by atoms with Gasteiger partial charge in [0.05, 0.1) is 37.9 Å². The van der Waals surface area contributed by atoms with Crippen LogP contribution in [-0.2, 0) is 24.0 Å². The van der Waals surface area contributed by atoms with Crippen molar-refractivity contribution in [2.24, 2.45) is 0 Å². The van der Waals surface area contributed by atoms with E-state index in [-0.39, 0.29) is 11.3 Å². The second kappa shape index (κ2) is 10.2. The van der Waals surface area contributed by atoms with Crippen molar-refractivity contribution in [2.75, 3.05) is 13.1 Å². The standard InChI is InChI=1S/C18H21NO11/c20-11-3-1-10(2-4-11)12(5-13(21)22)18(6-14(23)24,7-15(25)26)19(8-16(27)28)9-17(29)30/h1-4,12,20H,5-9H2,(H,21,22)(H,23,24)(H,25,26)(H,27,28)(H,29,30). The first-order valence-corrected chi connectivity index (χ1v) is 8.50. The molecule has 0 aliphatic heterocycles. The molecule has 30 heavy (non-hydrogen) atoms. The lowest BCUT2D eigenvalue weighted by atomic mass is 9.71. The van der Waals surface area contributed by atoms with Crippen LogP contribution in [0.3, 0.4) is 0 Å². The molecule has 0 spiro atoms. The minimum absolute atomic E-state index is 0.0958. The Balaban J connectivity index is 3.83. The maximum Gasteiger partial charge on any atom is 0.317 e. The molecule has 1 unspecified atom stereocenters. The van der Waals surface area contributed by atoms with E-state index >= 15 is 0 Å². The second-order valence-corrected chi connectivity index (χ2v) is 6.63. The Hall–Kier alpha value is -3.67. The van der Waals surface area contributed by atoms with E-state index < -0.39 is 73.7 Å². The van der Waals surface area contributed by atoms with Gasteiger partial charge in [-0.25, -0.2) is 0 Å². The van der Waals surface area contributed by atoms with Gasteiger partial charge in [-0.3, -0.25) is 28.9 Å². The van der Waals surface area contributed by atoms with Crippen LogP contribution in [0, 0.1) is 0 Å². The van der Waals surface area contributed by atoms with E-state index in [9.17, 15) is 54.6 Å². The zero-order valence-electron chi connectivity index (χ0n) is 15.6. The monoisotopic (exact) mass is 427 g/mol. The molecule has 0 aliphatic carbocycles. The quantitative estimate of drug-likeness (QED) is 0.248. The number of carbonyl (C=O) groups is 5. The fraction of sp³-hybridized carbons (Fsp3) is 0.389. The number of hydrogen-bond donors (Lipinski definition) is 6. The first-order valence-electron chi connectivity index (χ1n) is 8.50. The number of carboxylic acid groups (broad SMARTS) is 5. The molecule has 1 aromatic rings. The van der Waals surface area contributed by atoms with Gasteiger partial charge in [0.1, 0.15) is 5.75 Å². The molecule has 1 atom stereocenters. The number of phenols is 1. The van der Waals surface area contributed by atoms with Crippen molar-refractivity contribution in [3.63, 3.8) is 0 Å². The summed E-state index contributed by atoms with van der Waals surface area (Å²) in [6.07, 6.45) is -2.90. The lowest BCUT2D eigenvalue weighted by Gasteiger charge is -2.46. The second-order valence-electron chi connectivity index (χ2n) is 6.63. The number of hydrogen-bond acceptors (Lipinski definition) is 7. The highest BCUT2D eigenvalue weighted by Gasteiger charge is 2.49. The maximum atomic E-state index is 11.6. The van der Waals surface area contributed by atoms with Crippen molar-refractivity contribution < 1.29 is 54.6 Å². The fourth-order valence-corrected chi connectivity index (χ4v) is 3.47. The Morgan fingerprint density at radius 2 is 1.17 bits per heavy atom. The van der Waals surface area contributed by atoms with Crippen LogP contribution in [0.1, 0.15) is 30.7 Å². The van der Waals surface area contributed by atoms with E-state index in [4.69, 9.17) is 0 Å². The highest BCUT2D eigenvalue weighted by atomic mass is 16.4. The molecule has 0 fully saturated rings. The van der Waals surface area contributed by atoms with Crippen LogP contribution in [0.2, 0.25) is 0 Å². The van der Waals surface area contributed by atoms with Crippen LogP contribution in [0.4, 0.5) is 0 Å². The van der Waals surface area contributed by atoms with E-state index in [2.05, 4.69) is 0 Å². The highest BCUT2D eigenvalue weighted by molar-refractivity contribution is 5.78. The van der Waals surface area contributed by atoms with Gasteiger partial charge in [-0.05, 0) is 17.7 Å². The lowest BCUT2D eigenvalue weighted by Crippen LogP contribution is -2.58. The van der Waals surface area contributed by atoms with Crippen molar-refractivity contribution >= 4 is 29.8 Å². The molecule has 1 rings (SSSR count). The number of phenolic OH excluding ortho intramolecular Hbond substituents is 1. The smallest absolute Gasteiger partial charge is 0.317 e. The summed E-state index contributed by atoms with van der Waals surface area (Å²) in [4.78, 5) is 58.2. The average molecular weight is 427 g/mol. The average Bonchev–Trinajstić information content (AvgIpc) is 2.57. The fourth-order valence-electron chi connectivity index (χ4n) is 3.47. The van der Waals surface area contributed by atoms with E-state index in [0.717, 1.165) is 12.1 Å². The number of rotatable bonds is 13. The third-order valence-electron chi connectivity index (χ3n) is 4.52. The van der Waals surface area contributed by atoms with Crippen LogP contribution in [0.5, 0.6) is 5.75 Å². The van der Waals surface area contributed by atoms with E-state index in [1.807, 2.05) is 0 Å². The SMILES string of the molecule is O=C(O)CC(c1ccc(O)cc1)C(CC(=O)O)(CC(=O)O)N(CC(=O)O)CC(=O)O. The molecule has 0 aromatic heterocycles. The predicted octanol–water partition coefficient (Wildman–Crippen LogP) is 0.110. The number of carboxylic acids is 5. The third-order valence-corrected chi connectivity index (χ3v) is 4.52. The van der Waals surface area contributed by atoms with Gasteiger partial charge in [-0.2, -0.15) is 0 Å². The Kier molecular flexibility index (Phi) is 8.29. The Labute approximate surface area is 169 Å². The molecule has 164 valence electrons. The first-order chi connectivity index (χ1) is 13.9. The van der Waals surface area contributed by atoms with E-state index in [1.54, 1.807) is 0 Å². The summed E-state index contributed by atoms with van der Waals surface area (Å²) < 4.78 is 0. The number of aliphatic carboxylic acids is 5.